The monoisotopic (exact) mass is 472 g/mol. The maximum atomic E-state index is 13.1. The number of fused-ring (bicyclic) bond motifs is 1. The summed E-state index contributed by atoms with van der Waals surface area (Å²) in [4.78, 5) is 12.0. The van der Waals surface area contributed by atoms with Gasteiger partial charge in [0.1, 0.15) is 12.4 Å². The van der Waals surface area contributed by atoms with Crippen molar-refractivity contribution in [2.75, 3.05) is 6.61 Å². The number of hydrogen-bond donors (Lipinski definition) is 0. The second-order valence-electron chi connectivity index (χ2n) is 5.41. The molecule has 6 nitrogen and oxygen atoms in total. The topological polar surface area (TPSA) is 77.7 Å². The first-order valence-electron chi connectivity index (χ1n) is 7.81. The minimum Gasteiger partial charge on any atom is -0.465 e. The fourth-order valence-electron chi connectivity index (χ4n) is 2.37. The van der Waals surface area contributed by atoms with Gasteiger partial charge in [-0.1, -0.05) is 27.3 Å². The van der Waals surface area contributed by atoms with Crippen LogP contribution in [-0.4, -0.2) is 25.6 Å². The van der Waals surface area contributed by atoms with Crippen LogP contribution in [0.5, 0.6) is 0 Å². The molecule has 1 aromatic heterocycles. The SMILES string of the molecule is CCOC(=O)Cn1c(=NS(=O)(=O)c2ccc(F)cc2)sc2cc(Br)ccc21. The number of esters is 1. The lowest BCUT2D eigenvalue weighted by atomic mass is 10.3. The molecule has 0 aliphatic rings. The molecule has 2 aromatic carbocycles. The first-order valence-corrected chi connectivity index (χ1v) is 10.9. The molecule has 0 N–H and O–H groups in total. The molecule has 0 spiro atoms. The number of benzene rings is 2. The first kappa shape index (κ1) is 19.7. The molecule has 3 aromatic rings. The molecule has 27 heavy (non-hydrogen) atoms. The van der Waals surface area contributed by atoms with E-state index in [1.165, 1.54) is 4.57 Å². The van der Waals surface area contributed by atoms with Crippen LogP contribution in [0.4, 0.5) is 4.39 Å². The number of ether oxygens (including phenoxy) is 1. The average Bonchev–Trinajstić information content (AvgIpc) is 2.91. The molecule has 1 heterocycles. The molecule has 0 aliphatic heterocycles. The zero-order valence-electron chi connectivity index (χ0n) is 14.1. The number of halogens is 2. The summed E-state index contributed by atoms with van der Waals surface area (Å²) in [6.45, 7) is 1.73. The van der Waals surface area contributed by atoms with Crippen molar-refractivity contribution in [1.82, 2.24) is 4.57 Å². The zero-order chi connectivity index (χ0) is 19.6. The summed E-state index contributed by atoms with van der Waals surface area (Å²) in [5.74, 6) is -1.04. The number of nitrogens with zero attached hydrogens (tertiary/aromatic N) is 2. The molecular formula is C17H14BrFN2O4S2. The standard InChI is InChI=1S/C17H14BrFN2O4S2/c1-2-25-16(22)10-21-14-8-3-11(18)9-15(14)26-17(21)20-27(23,24)13-6-4-12(19)5-7-13/h3-9H,2,10H2,1H3. The van der Waals surface area contributed by atoms with Crippen molar-refractivity contribution in [2.45, 2.75) is 18.4 Å². The lowest BCUT2D eigenvalue weighted by molar-refractivity contribution is -0.143. The minimum absolute atomic E-state index is 0.125. The van der Waals surface area contributed by atoms with E-state index >= 15 is 0 Å². The Morgan fingerprint density at radius 3 is 2.63 bits per heavy atom. The molecule has 0 saturated heterocycles. The van der Waals surface area contributed by atoms with Gasteiger partial charge in [0.2, 0.25) is 4.80 Å². The highest BCUT2D eigenvalue weighted by Gasteiger charge is 2.16. The Labute approximate surface area is 167 Å². The quantitative estimate of drug-likeness (QED) is 0.532. The van der Waals surface area contributed by atoms with Crippen molar-refractivity contribution in [3.05, 3.63) is 57.6 Å². The summed E-state index contributed by atoms with van der Waals surface area (Å²) in [5.41, 5.74) is 0.657. The Balaban J connectivity index is 2.18. The second-order valence-corrected chi connectivity index (χ2v) is 8.94. The van der Waals surface area contributed by atoms with Crippen LogP contribution in [0.1, 0.15) is 6.92 Å². The van der Waals surface area contributed by atoms with E-state index in [0.29, 0.717) is 5.52 Å². The van der Waals surface area contributed by atoms with E-state index in [1.54, 1.807) is 19.1 Å². The van der Waals surface area contributed by atoms with E-state index in [9.17, 15) is 17.6 Å². The number of hydrogen-bond acceptors (Lipinski definition) is 5. The van der Waals surface area contributed by atoms with Gasteiger partial charge in [-0.2, -0.15) is 8.42 Å². The van der Waals surface area contributed by atoms with Crippen LogP contribution in [0.3, 0.4) is 0 Å². The highest BCUT2D eigenvalue weighted by molar-refractivity contribution is 9.10. The van der Waals surface area contributed by atoms with Crippen molar-refractivity contribution in [3.8, 4) is 0 Å². The molecule has 142 valence electrons. The smallest absolute Gasteiger partial charge is 0.326 e. The summed E-state index contributed by atoms with van der Waals surface area (Å²) >= 11 is 4.50. The van der Waals surface area contributed by atoms with E-state index in [4.69, 9.17) is 4.74 Å². The molecule has 0 aliphatic carbocycles. The van der Waals surface area contributed by atoms with Gasteiger partial charge < -0.3 is 9.30 Å². The van der Waals surface area contributed by atoms with Crippen LogP contribution in [0.15, 0.2) is 56.2 Å². The summed E-state index contributed by atoms with van der Waals surface area (Å²) < 4.78 is 50.2. The van der Waals surface area contributed by atoms with Crippen LogP contribution in [0.25, 0.3) is 10.2 Å². The summed E-state index contributed by atoms with van der Waals surface area (Å²) in [6, 6.07) is 9.76. The molecule has 0 fully saturated rings. The summed E-state index contributed by atoms with van der Waals surface area (Å²) in [7, 11) is -4.07. The second kappa shape index (κ2) is 7.91. The lowest BCUT2D eigenvalue weighted by Crippen LogP contribution is -2.23. The summed E-state index contributed by atoms with van der Waals surface area (Å²) in [6.07, 6.45) is 0. The van der Waals surface area contributed by atoms with Crippen LogP contribution in [-0.2, 0) is 26.1 Å². The van der Waals surface area contributed by atoms with Gasteiger partial charge in [0.25, 0.3) is 10.0 Å². The lowest BCUT2D eigenvalue weighted by Gasteiger charge is -2.05. The number of sulfonamides is 1. The summed E-state index contributed by atoms with van der Waals surface area (Å²) in [5, 5.41) is 0. The van der Waals surface area contributed by atoms with Gasteiger partial charge in [0.15, 0.2) is 0 Å². The maximum absolute atomic E-state index is 13.1. The van der Waals surface area contributed by atoms with Crippen molar-refractivity contribution >= 4 is 53.5 Å². The molecule has 3 rings (SSSR count). The predicted molar refractivity (Wildman–Crippen MR) is 103 cm³/mol. The Kier molecular flexibility index (Phi) is 5.78. The third kappa shape index (κ3) is 4.45. The van der Waals surface area contributed by atoms with Gasteiger partial charge in [-0.15, -0.1) is 4.40 Å². The zero-order valence-corrected chi connectivity index (χ0v) is 17.3. The molecular weight excluding hydrogens is 459 g/mol. The fraction of sp³-hybridized carbons (Fsp3) is 0.176. The van der Waals surface area contributed by atoms with Crippen LogP contribution < -0.4 is 4.80 Å². The highest BCUT2D eigenvalue weighted by Crippen LogP contribution is 2.23. The van der Waals surface area contributed by atoms with E-state index in [1.807, 2.05) is 6.07 Å². The molecule has 0 saturated carbocycles. The van der Waals surface area contributed by atoms with Crippen molar-refractivity contribution in [1.29, 1.82) is 0 Å². The molecule has 0 unspecified atom stereocenters. The minimum atomic E-state index is -4.07. The molecule has 0 bridgehead atoms. The van der Waals surface area contributed by atoms with Crippen molar-refractivity contribution in [3.63, 3.8) is 0 Å². The molecule has 0 atom stereocenters. The third-order valence-electron chi connectivity index (χ3n) is 3.55. The maximum Gasteiger partial charge on any atom is 0.326 e. The average molecular weight is 473 g/mol. The van der Waals surface area contributed by atoms with E-state index in [2.05, 4.69) is 20.3 Å². The van der Waals surface area contributed by atoms with Gasteiger partial charge >= 0.3 is 5.97 Å². The van der Waals surface area contributed by atoms with Gasteiger partial charge in [-0.05, 0) is 49.4 Å². The van der Waals surface area contributed by atoms with Crippen LogP contribution in [0, 0.1) is 5.82 Å². The predicted octanol–water partition coefficient (Wildman–Crippen LogP) is 3.46. The Morgan fingerprint density at radius 2 is 1.96 bits per heavy atom. The molecule has 0 radical (unpaired) electrons. The Bertz CT molecular complexity index is 1170. The Morgan fingerprint density at radius 1 is 1.26 bits per heavy atom. The number of carbonyl (C=O) groups is 1. The van der Waals surface area contributed by atoms with Gasteiger partial charge in [-0.25, -0.2) is 4.39 Å². The van der Waals surface area contributed by atoms with Gasteiger partial charge in [0, 0.05) is 4.47 Å². The van der Waals surface area contributed by atoms with Crippen LogP contribution >= 0.6 is 27.3 Å². The Hall–Kier alpha value is -2.04. The van der Waals surface area contributed by atoms with Gasteiger partial charge in [-0.3, -0.25) is 4.79 Å². The molecule has 0 amide bonds. The molecule has 10 heteroatoms. The number of rotatable bonds is 5. The van der Waals surface area contributed by atoms with E-state index in [-0.39, 0.29) is 22.8 Å². The largest absolute Gasteiger partial charge is 0.465 e. The number of thiazole rings is 1. The van der Waals surface area contributed by atoms with Crippen molar-refractivity contribution in [2.24, 2.45) is 4.40 Å². The van der Waals surface area contributed by atoms with E-state index < -0.39 is 21.8 Å². The van der Waals surface area contributed by atoms with Crippen LogP contribution in [0.2, 0.25) is 0 Å². The fourth-order valence-corrected chi connectivity index (χ4v) is 5.15. The van der Waals surface area contributed by atoms with E-state index in [0.717, 1.165) is 44.8 Å². The first-order chi connectivity index (χ1) is 12.8. The number of carbonyl (C=O) groups excluding carboxylic acids is 1. The third-order valence-corrected chi connectivity index (χ3v) is 6.48. The number of aromatic nitrogens is 1. The normalized spacial score (nSPS) is 12.5. The van der Waals surface area contributed by atoms with Crippen molar-refractivity contribution < 1.29 is 22.3 Å². The van der Waals surface area contributed by atoms with Gasteiger partial charge in [0.05, 0.1) is 21.7 Å². The highest BCUT2D eigenvalue weighted by atomic mass is 79.9.